The molecule has 0 aliphatic heterocycles. The van der Waals surface area contributed by atoms with E-state index < -0.39 is 0 Å². The number of hydrogen-bond acceptors (Lipinski definition) is 0. The van der Waals surface area contributed by atoms with Crippen molar-refractivity contribution in [3.8, 4) is 44.5 Å². The van der Waals surface area contributed by atoms with E-state index in [-0.39, 0.29) is 0 Å². The molecule has 0 spiro atoms. The van der Waals surface area contributed by atoms with Crippen molar-refractivity contribution in [1.82, 2.24) is 0 Å². The predicted molar refractivity (Wildman–Crippen MR) is 188 cm³/mol. The van der Waals surface area contributed by atoms with Crippen molar-refractivity contribution in [2.24, 2.45) is 0 Å². The number of benzene rings is 8. The Kier molecular flexibility index (Phi) is 5.58. The second-order valence-corrected chi connectivity index (χ2v) is 12.1. The summed E-state index contributed by atoms with van der Waals surface area (Å²) in [6.45, 7) is 2.13. The SMILES string of the molecule is Cc1ccc(-c2ccc(-c3cccc4c3Cc3c(-c5ccc6c7ccccc7c7ccccc7c6c5)cccc3-4)cc2)cc1. The van der Waals surface area contributed by atoms with Crippen LogP contribution >= 0.6 is 0 Å². The van der Waals surface area contributed by atoms with Crippen LogP contribution in [0.1, 0.15) is 16.7 Å². The Hall–Kier alpha value is -5.46. The van der Waals surface area contributed by atoms with Gasteiger partial charge in [-0.05, 0) is 107 Å². The molecule has 206 valence electrons. The highest BCUT2D eigenvalue weighted by molar-refractivity contribution is 6.25. The maximum Gasteiger partial charge on any atom is -0.000112 e. The molecule has 0 fully saturated rings. The van der Waals surface area contributed by atoms with E-state index in [0.717, 1.165) is 6.42 Å². The average molecular weight is 559 g/mol. The van der Waals surface area contributed by atoms with Crippen LogP contribution in [0.5, 0.6) is 0 Å². The molecule has 44 heavy (non-hydrogen) atoms. The van der Waals surface area contributed by atoms with E-state index in [0.29, 0.717) is 0 Å². The van der Waals surface area contributed by atoms with E-state index in [2.05, 4.69) is 159 Å². The second kappa shape index (κ2) is 9.79. The monoisotopic (exact) mass is 558 g/mol. The van der Waals surface area contributed by atoms with Crippen molar-refractivity contribution in [3.63, 3.8) is 0 Å². The molecular formula is C44H30. The summed E-state index contributed by atoms with van der Waals surface area (Å²) in [6, 6.07) is 56.3. The van der Waals surface area contributed by atoms with Gasteiger partial charge in [-0.1, -0.05) is 151 Å². The minimum atomic E-state index is 0.938. The standard InChI is InChI=1S/C44H30/c1-28-16-18-29(19-17-28)30-20-22-31(23-21-30)33-12-6-14-39-40-15-7-13-34(44(40)27-43(33)39)32-24-25-41-37-10-3-2-8-35(37)36-9-4-5-11-38(36)42(41)26-32/h2-26H,27H2,1H3. The Balaban J connectivity index is 1.15. The molecule has 0 aromatic heterocycles. The number of fused-ring (bicyclic) bond motifs is 9. The zero-order valence-corrected chi connectivity index (χ0v) is 24.6. The molecule has 0 bridgehead atoms. The lowest BCUT2D eigenvalue weighted by molar-refractivity contribution is 1.26. The number of rotatable bonds is 3. The topological polar surface area (TPSA) is 0 Å². The highest BCUT2D eigenvalue weighted by Crippen LogP contribution is 2.46. The molecule has 0 nitrogen and oxygen atoms in total. The van der Waals surface area contributed by atoms with Crippen molar-refractivity contribution in [1.29, 1.82) is 0 Å². The van der Waals surface area contributed by atoms with Crippen LogP contribution in [0.25, 0.3) is 76.8 Å². The molecule has 1 aliphatic carbocycles. The van der Waals surface area contributed by atoms with Crippen LogP contribution in [0.2, 0.25) is 0 Å². The highest BCUT2D eigenvalue weighted by Gasteiger charge is 2.24. The van der Waals surface area contributed by atoms with E-state index in [1.807, 2.05) is 0 Å². The summed E-state index contributed by atoms with van der Waals surface area (Å²) in [4.78, 5) is 0. The van der Waals surface area contributed by atoms with Gasteiger partial charge >= 0.3 is 0 Å². The lowest BCUT2D eigenvalue weighted by Crippen LogP contribution is -1.91. The Morgan fingerprint density at radius 1 is 0.318 bits per heavy atom. The van der Waals surface area contributed by atoms with Gasteiger partial charge in [-0.2, -0.15) is 0 Å². The molecular weight excluding hydrogens is 528 g/mol. The summed E-state index contributed by atoms with van der Waals surface area (Å²) >= 11 is 0. The molecule has 0 saturated carbocycles. The van der Waals surface area contributed by atoms with Gasteiger partial charge in [0.05, 0.1) is 0 Å². The third-order valence-corrected chi connectivity index (χ3v) is 9.63. The van der Waals surface area contributed by atoms with Crippen molar-refractivity contribution in [3.05, 3.63) is 168 Å². The van der Waals surface area contributed by atoms with Crippen LogP contribution in [0.15, 0.2) is 152 Å². The van der Waals surface area contributed by atoms with E-state index in [1.54, 1.807) is 0 Å². The molecule has 0 N–H and O–H groups in total. The fourth-order valence-corrected chi connectivity index (χ4v) is 7.44. The summed E-state index contributed by atoms with van der Waals surface area (Å²) in [5.41, 5.74) is 14.6. The molecule has 0 heterocycles. The van der Waals surface area contributed by atoms with Crippen molar-refractivity contribution in [2.75, 3.05) is 0 Å². The van der Waals surface area contributed by atoms with Gasteiger partial charge in [-0.15, -0.1) is 0 Å². The van der Waals surface area contributed by atoms with Crippen LogP contribution in [0.4, 0.5) is 0 Å². The summed E-state index contributed by atoms with van der Waals surface area (Å²) < 4.78 is 0. The minimum Gasteiger partial charge on any atom is -0.0616 e. The average Bonchev–Trinajstić information content (AvgIpc) is 3.48. The number of aryl methyl sites for hydroxylation is 1. The predicted octanol–water partition coefficient (Wildman–Crippen LogP) is 12.0. The normalized spacial score (nSPS) is 12.1. The molecule has 0 atom stereocenters. The molecule has 8 aromatic rings. The fraction of sp³-hybridized carbons (Fsp3) is 0.0455. The van der Waals surface area contributed by atoms with Crippen LogP contribution in [0.3, 0.4) is 0 Å². The Morgan fingerprint density at radius 3 is 1.30 bits per heavy atom. The minimum absolute atomic E-state index is 0.938. The first-order valence-corrected chi connectivity index (χ1v) is 15.5. The van der Waals surface area contributed by atoms with E-state index in [4.69, 9.17) is 0 Å². The van der Waals surface area contributed by atoms with Crippen molar-refractivity contribution < 1.29 is 0 Å². The number of hydrogen-bond donors (Lipinski definition) is 0. The summed E-state index contributed by atoms with van der Waals surface area (Å²) in [5.74, 6) is 0. The first-order chi connectivity index (χ1) is 21.7. The van der Waals surface area contributed by atoms with Gasteiger partial charge < -0.3 is 0 Å². The Morgan fingerprint density at radius 2 is 0.727 bits per heavy atom. The van der Waals surface area contributed by atoms with Gasteiger partial charge in [-0.25, -0.2) is 0 Å². The van der Waals surface area contributed by atoms with E-state index in [1.165, 1.54) is 93.5 Å². The second-order valence-electron chi connectivity index (χ2n) is 12.1. The zero-order valence-electron chi connectivity index (χ0n) is 24.6. The Labute approximate surface area is 257 Å². The molecule has 0 radical (unpaired) electrons. The van der Waals surface area contributed by atoms with Gasteiger partial charge in [0.2, 0.25) is 0 Å². The maximum absolute atomic E-state index is 2.42. The third-order valence-electron chi connectivity index (χ3n) is 9.63. The van der Waals surface area contributed by atoms with Gasteiger partial charge in [0.1, 0.15) is 0 Å². The molecule has 0 unspecified atom stereocenters. The van der Waals surface area contributed by atoms with Crippen LogP contribution < -0.4 is 0 Å². The molecule has 0 heteroatoms. The summed E-state index contributed by atoms with van der Waals surface area (Å²) in [5, 5.41) is 7.90. The first kappa shape index (κ1) is 25.1. The van der Waals surface area contributed by atoms with E-state index >= 15 is 0 Å². The van der Waals surface area contributed by atoms with Crippen LogP contribution in [-0.2, 0) is 6.42 Å². The third kappa shape index (κ3) is 3.85. The highest BCUT2D eigenvalue weighted by atomic mass is 14.3. The lowest BCUT2D eigenvalue weighted by Gasteiger charge is -2.14. The van der Waals surface area contributed by atoms with E-state index in [9.17, 15) is 0 Å². The van der Waals surface area contributed by atoms with Crippen LogP contribution in [0, 0.1) is 6.92 Å². The molecule has 1 aliphatic rings. The smallest absolute Gasteiger partial charge is 0.000112 e. The molecule has 8 aromatic carbocycles. The zero-order chi connectivity index (χ0) is 29.2. The Bertz CT molecular complexity index is 2350. The first-order valence-electron chi connectivity index (χ1n) is 15.5. The largest absolute Gasteiger partial charge is 0.0616 e. The summed E-state index contributed by atoms with van der Waals surface area (Å²) in [7, 11) is 0. The van der Waals surface area contributed by atoms with Gasteiger partial charge in [-0.3, -0.25) is 0 Å². The fourth-order valence-electron chi connectivity index (χ4n) is 7.44. The molecule has 0 saturated heterocycles. The lowest BCUT2D eigenvalue weighted by atomic mass is 9.90. The van der Waals surface area contributed by atoms with Crippen LogP contribution in [-0.4, -0.2) is 0 Å². The summed E-state index contributed by atoms with van der Waals surface area (Å²) in [6.07, 6.45) is 0.938. The molecule has 9 rings (SSSR count). The van der Waals surface area contributed by atoms with Gasteiger partial charge in [0.15, 0.2) is 0 Å². The van der Waals surface area contributed by atoms with Crippen molar-refractivity contribution >= 4 is 32.3 Å². The quantitative estimate of drug-likeness (QED) is 0.189. The van der Waals surface area contributed by atoms with Crippen molar-refractivity contribution in [2.45, 2.75) is 13.3 Å². The van der Waals surface area contributed by atoms with Gasteiger partial charge in [0.25, 0.3) is 0 Å². The van der Waals surface area contributed by atoms with Gasteiger partial charge in [0, 0.05) is 0 Å². The molecule has 0 amide bonds. The maximum atomic E-state index is 2.42.